The molecule has 1 atom stereocenters. The molecule has 2 aromatic heterocycles. The first-order valence-electron chi connectivity index (χ1n) is 8.39. The molecule has 3 rings (SSSR count). The molecule has 1 N–H and O–H groups in total. The molecule has 0 aliphatic carbocycles. The van der Waals surface area contributed by atoms with Gasteiger partial charge in [0, 0.05) is 23.7 Å². The Morgan fingerprint density at radius 1 is 1.26 bits per heavy atom. The van der Waals surface area contributed by atoms with Gasteiger partial charge in [-0.15, -0.1) is 12.4 Å². The molecule has 0 radical (unpaired) electrons. The molecular formula is C19H23ClN4O3. The minimum atomic E-state index is -0.953. The van der Waals surface area contributed by atoms with Crippen molar-refractivity contribution in [3.05, 3.63) is 42.6 Å². The molecule has 7 nitrogen and oxygen atoms in total. The molecular weight excluding hydrogens is 368 g/mol. The number of carbonyl (C=O) groups is 1. The Morgan fingerprint density at radius 2 is 1.96 bits per heavy atom. The topological polar surface area (TPSA) is 80.5 Å². The van der Waals surface area contributed by atoms with E-state index < -0.39 is 5.97 Å². The summed E-state index contributed by atoms with van der Waals surface area (Å²) in [5, 5.41) is 14.4. The Morgan fingerprint density at radius 3 is 2.59 bits per heavy atom. The lowest BCUT2D eigenvalue weighted by Gasteiger charge is -2.18. The number of fused-ring (bicyclic) bond motifs is 1. The first-order chi connectivity index (χ1) is 12.4. The number of carboxylic acid groups (broad SMARTS) is 1. The van der Waals surface area contributed by atoms with Crippen molar-refractivity contribution in [3.63, 3.8) is 0 Å². The number of hydrogen-bond donors (Lipinski definition) is 1. The smallest absolute Gasteiger partial charge is 0.325 e. The predicted molar refractivity (Wildman–Crippen MR) is 106 cm³/mol. The van der Waals surface area contributed by atoms with Crippen LogP contribution in [-0.2, 0) is 11.3 Å². The van der Waals surface area contributed by atoms with Crippen LogP contribution in [0.3, 0.4) is 0 Å². The normalized spacial score (nSPS) is 12.0. The van der Waals surface area contributed by atoms with Gasteiger partial charge in [-0.25, -0.2) is 9.67 Å². The first-order valence-corrected chi connectivity index (χ1v) is 8.39. The third-order valence-electron chi connectivity index (χ3n) is 3.88. The quantitative estimate of drug-likeness (QED) is 0.668. The Hall–Kier alpha value is -2.64. The van der Waals surface area contributed by atoms with Crippen LogP contribution < -0.4 is 4.74 Å². The standard InChI is InChI=1S/C19H22N4O3.ClH/c1-13(11-22(2)3)26-15-8-6-14(7-9-15)18-16-5-4-10-20-19(16)23(21-18)12-17(24)25;/h4-10,13H,11-12H2,1-3H3,(H,24,25);1H/t13-;/m0./s1. The van der Waals surface area contributed by atoms with E-state index in [1.54, 1.807) is 6.20 Å². The Labute approximate surface area is 164 Å². The number of aromatic nitrogens is 3. The average Bonchev–Trinajstić information content (AvgIpc) is 2.93. The number of rotatable bonds is 7. The lowest BCUT2D eigenvalue weighted by Crippen LogP contribution is -2.27. The molecule has 1 aromatic carbocycles. The number of carboxylic acids is 1. The SMILES string of the molecule is C[C@@H](CN(C)C)Oc1ccc(-c2nn(CC(=O)O)c3ncccc23)cc1.Cl. The van der Waals surface area contributed by atoms with Crippen molar-refractivity contribution >= 4 is 29.4 Å². The largest absolute Gasteiger partial charge is 0.489 e. The molecule has 8 heteroatoms. The van der Waals surface area contributed by atoms with Gasteiger partial charge in [-0.05, 0) is 57.4 Å². The number of hydrogen-bond acceptors (Lipinski definition) is 5. The van der Waals surface area contributed by atoms with Crippen molar-refractivity contribution in [3.8, 4) is 17.0 Å². The van der Waals surface area contributed by atoms with Gasteiger partial charge in [0.15, 0.2) is 5.65 Å². The molecule has 0 amide bonds. The van der Waals surface area contributed by atoms with Gasteiger partial charge in [-0.2, -0.15) is 5.10 Å². The van der Waals surface area contributed by atoms with Gasteiger partial charge in [0.1, 0.15) is 24.1 Å². The summed E-state index contributed by atoms with van der Waals surface area (Å²) in [5.41, 5.74) is 2.16. The highest BCUT2D eigenvalue weighted by molar-refractivity contribution is 5.91. The van der Waals surface area contributed by atoms with Crippen molar-refractivity contribution in [1.29, 1.82) is 0 Å². The summed E-state index contributed by atoms with van der Waals surface area (Å²) in [6.45, 7) is 2.63. The number of likely N-dealkylation sites (N-methyl/N-ethyl adjacent to an activating group) is 1. The van der Waals surface area contributed by atoms with Crippen LogP contribution in [0.15, 0.2) is 42.6 Å². The van der Waals surface area contributed by atoms with E-state index in [9.17, 15) is 4.79 Å². The zero-order valence-corrected chi connectivity index (χ0v) is 16.3. The van der Waals surface area contributed by atoms with Gasteiger partial charge in [0.25, 0.3) is 0 Å². The minimum absolute atomic E-state index is 0. The molecule has 0 bridgehead atoms. The molecule has 0 spiro atoms. The second-order valence-electron chi connectivity index (χ2n) is 6.49. The lowest BCUT2D eigenvalue weighted by molar-refractivity contribution is -0.137. The van der Waals surface area contributed by atoms with Crippen LogP contribution in [0, 0.1) is 0 Å². The molecule has 27 heavy (non-hydrogen) atoms. The van der Waals surface area contributed by atoms with E-state index in [0.29, 0.717) is 11.3 Å². The van der Waals surface area contributed by atoms with Gasteiger partial charge in [-0.1, -0.05) is 0 Å². The zero-order chi connectivity index (χ0) is 18.7. The molecule has 2 heterocycles. The van der Waals surface area contributed by atoms with E-state index in [-0.39, 0.29) is 25.1 Å². The summed E-state index contributed by atoms with van der Waals surface area (Å²) < 4.78 is 7.32. The van der Waals surface area contributed by atoms with Gasteiger partial charge < -0.3 is 14.7 Å². The molecule has 0 aliphatic rings. The fourth-order valence-electron chi connectivity index (χ4n) is 2.94. The number of nitrogens with zero attached hydrogens (tertiary/aromatic N) is 4. The molecule has 3 aromatic rings. The summed E-state index contributed by atoms with van der Waals surface area (Å²) in [4.78, 5) is 17.4. The van der Waals surface area contributed by atoms with E-state index >= 15 is 0 Å². The maximum atomic E-state index is 11.1. The highest BCUT2D eigenvalue weighted by Crippen LogP contribution is 2.28. The fourth-order valence-corrected chi connectivity index (χ4v) is 2.94. The van der Waals surface area contributed by atoms with Crippen LogP contribution in [-0.4, -0.2) is 57.5 Å². The molecule has 144 valence electrons. The van der Waals surface area contributed by atoms with Crippen LogP contribution in [0.1, 0.15) is 6.92 Å². The number of benzene rings is 1. The van der Waals surface area contributed by atoms with E-state index in [1.165, 1.54) is 4.68 Å². The van der Waals surface area contributed by atoms with Gasteiger partial charge in [0.2, 0.25) is 0 Å². The van der Waals surface area contributed by atoms with Crippen molar-refractivity contribution in [2.24, 2.45) is 0 Å². The van der Waals surface area contributed by atoms with E-state index in [4.69, 9.17) is 9.84 Å². The molecule has 0 aliphatic heterocycles. The average molecular weight is 391 g/mol. The predicted octanol–water partition coefficient (Wildman–Crippen LogP) is 2.93. The number of halogens is 1. The number of pyridine rings is 1. The molecule has 0 saturated heterocycles. The summed E-state index contributed by atoms with van der Waals surface area (Å²) in [5.74, 6) is -0.166. The van der Waals surface area contributed by atoms with Gasteiger partial charge in [-0.3, -0.25) is 4.79 Å². The molecule has 0 unspecified atom stereocenters. The Kier molecular flexibility index (Phi) is 6.76. The monoisotopic (exact) mass is 390 g/mol. The van der Waals surface area contributed by atoms with Gasteiger partial charge >= 0.3 is 5.97 Å². The third kappa shape index (κ3) is 4.96. The minimum Gasteiger partial charge on any atom is -0.489 e. The number of aliphatic carboxylic acids is 1. The second kappa shape index (κ2) is 8.83. The highest BCUT2D eigenvalue weighted by atomic mass is 35.5. The van der Waals surface area contributed by atoms with Gasteiger partial charge in [0.05, 0.1) is 0 Å². The molecule has 0 saturated carbocycles. The number of ether oxygens (including phenoxy) is 1. The second-order valence-corrected chi connectivity index (χ2v) is 6.49. The van der Waals surface area contributed by atoms with Crippen LogP contribution in [0.25, 0.3) is 22.3 Å². The van der Waals surface area contributed by atoms with Crippen molar-refractivity contribution < 1.29 is 14.6 Å². The van der Waals surface area contributed by atoms with Crippen molar-refractivity contribution in [1.82, 2.24) is 19.7 Å². The van der Waals surface area contributed by atoms with Crippen LogP contribution in [0.5, 0.6) is 5.75 Å². The maximum Gasteiger partial charge on any atom is 0.325 e. The molecule has 0 fully saturated rings. The van der Waals surface area contributed by atoms with E-state index in [2.05, 4.69) is 15.0 Å². The van der Waals surface area contributed by atoms with E-state index in [0.717, 1.165) is 23.2 Å². The summed E-state index contributed by atoms with van der Waals surface area (Å²) in [7, 11) is 4.02. The Balaban J connectivity index is 0.00000261. The van der Waals surface area contributed by atoms with E-state index in [1.807, 2.05) is 57.4 Å². The van der Waals surface area contributed by atoms with Crippen LogP contribution >= 0.6 is 12.4 Å². The highest BCUT2D eigenvalue weighted by Gasteiger charge is 2.15. The van der Waals surface area contributed by atoms with Crippen molar-refractivity contribution in [2.45, 2.75) is 19.6 Å². The van der Waals surface area contributed by atoms with Crippen LogP contribution in [0.2, 0.25) is 0 Å². The van der Waals surface area contributed by atoms with Crippen LogP contribution in [0.4, 0.5) is 0 Å². The zero-order valence-electron chi connectivity index (χ0n) is 15.5. The third-order valence-corrected chi connectivity index (χ3v) is 3.88. The summed E-state index contributed by atoms with van der Waals surface area (Å²) >= 11 is 0. The fraction of sp³-hybridized carbons (Fsp3) is 0.316. The summed E-state index contributed by atoms with van der Waals surface area (Å²) in [6, 6.07) is 11.4. The Bertz CT molecular complexity index is 909. The maximum absolute atomic E-state index is 11.1. The van der Waals surface area contributed by atoms with Crippen molar-refractivity contribution in [2.75, 3.05) is 20.6 Å². The lowest BCUT2D eigenvalue weighted by atomic mass is 10.1. The first kappa shape index (κ1) is 20.7. The summed E-state index contributed by atoms with van der Waals surface area (Å²) in [6.07, 6.45) is 1.71.